The van der Waals surface area contributed by atoms with Crippen molar-refractivity contribution in [2.75, 3.05) is 13.1 Å². The highest BCUT2D eigenvalue weighted by Gasteiger charge is 2.32. The lowest BCUT2D eigenvalue weighted by Crippen LogP contribution is -2.38. The smallest absolute Gasteiger partial charge is 0.264 e. The molecule has 7 nitrogen and oxygen atoms in total. The third kappa shape index (κ3) is 4.80. The number of aryl methyl sites for hydroxylation is 3. The second-order valence-electron chi connectivity index (χ2n) is 8.10. The van der Waals surface area contributed by atoms with Crippen LogP contribution in [0.5, 0.6) is 5.75 Å². The van der Waals surface area contributed by atoms with Crippen molar-refractivity contribution in [3.05, 3.63) is 70.9 Å². The van der Waals surface area contributed by atoms with Gasteiger partial charge in [-0.3, -0.25) is 0 Å². The van der Waals surface area contributed by atoms with Gasteiger partial charge in [0.05, 0.1) is 4.90 Å². The minimum Gasteiger partial charge on any atom is -0.484 e. The fourth-order valence-corrected chi connectivity index (χ4v) is 5.53. The number of piperidine rings is 1. The van der Waals surface area contributed by atoms with Crippen molar-refractivity contribution in [3.63, 3.8) is 0 Å². The summed E-state index contributed by atoms with van der Waals surface area (Å²) in [5, 5.41) is 4.10. The van der Waals surface area contributed by atoms with Crippen LogP contribution >= 0.6 is 0 Å². The third-order valence-electron chi connectivity index (χ3n) is 5.65. The van der Waals surface area contributed by atoms with E-state index in [4.69, 9.17) is 9.26 Å². The van der Waals surface area contributed by atoms with Crippen LogP contribution in [0.2, 0.25) is 0 Å². The quantitative estimate of drug-likeness (QED) is 0.571. The van der Waals surface area contributed by atoms with E-state index < -0.39 is 10.0 Å². The molecular weight excluding hydrogens is 414 g/mol. The van der Waals surface area contributed by atoms with Crippen molar-refractivity contribution in [1.82, 2.24) is 14.4 Å². The van der Waals surface area contributed by atoms with Crippen LogP contribution in [0.1, 0.15) is 47.2 Å². The van der Waals surface area contributed by atoms with Gasteiger partial charge in [-0.25, -0.2) is 8.42 Å². The second-order valence-corrected chi connectivity index (χ2v) is 10.0. The molecule has 1 saturated heterocycles. The number of ether oxygens (including phenoxy) is 1. The molecule has 0 amide bonds. The molecule has 164 valence electrons. The van der Waals surface area contributed by atoms with Gasteiger partial charge < -0.3 is 9.26 Å². The van der Waals surface area contributed by atoms with E-state index in [0.717, 1.165) is 16.9 Å². The summed E-state index contributed by atoms with van der Waals surface area (Å²) >= 11 is 0. The first-order valence-corrected chi connectivity index (χ1v) is 11.9. The molecule has 2 heterocycles. The lowest BCUT2D eigenvalue weighted by Gasteiger charge is -2.30. The van der Waals surface area contributed by atoms with Gasteiger partial charge >= 0.3 is 0 Å². The summed E-state index contributed by atoms with van der Waals surface area (Å²) in [5.41, 5.74) is 2.87. The van der Waals surface area contributed by atoms with Crippen LogP contribution in [-0.4, -0.2) is 36.0 Å². The van der Waals surface area contributed by atoms with E-state index in [1.165, 1.54) is 5.56 Å². The Kier molecular flexibility index (Phi) is 6.11. The summed E-state index contributed by atoms with van der Waals surface area (Å²) in [6.45, 7) is 6.83. The van der Waals surface area contributed by atoms with Gasteiger partial charge in [-0.2, -0.15) is 9.29 Å². The Morgan fingerprint density at radius 2 is 1.71 bits per heavy atom. The molecular formula is C23H27N3O4S. The molecule has 1 aromatic heterocycles. The largest absolute Gasteiger partial charge is 0.484 e. The zero-order chi connectivity index (χ0) is 22.0. The molecule has 3 aromatic rings. The number of benzene rings is 2. The van der Waals surface area contributed by atoms with E-state index in [9.17, 15) is 8.42 Å². The fourth-order valence-electron chi connectivity index (χ4n) is 3.75. The maximum Gasteiger partial charge on any atom is 0.264 e. The van der Waals surface area contributed by atoms with Crippen molar-refractivity contribution in [2.45, 2.75) is 51.0 Å². The zero-order valence-corrected chi connectivity index (χ0v) is 18.9. The topological polar surface area (TPSA) is 85.5 Å². The van der Waals surface area contributed by atoms with Crippen LogP contribution in [0.25, 0.3) is 0 Å². The number of sulfonamides is 1. The minimum atomic E-state index is -3.51. The summed E-state index contributed by atoms with van der Waals surface area (Å²) in [6.07, 6.45) is 1.31. The molecule has 1 fully saturated rings. The van der Waals surface area contributed by atoms with Gasteiger partial charge in [0.1, 0.15) is 5.75 Å². The molecule has 0 bridgehead atoms. The molecule has 0 spiro atoms. The first-order valence-electron chi connectivity index (χ1n) is 10.4. The van der Waals surface area contributed by atoms with E-state index in [2.05, 4.69) is 10.1 Å². The van der Waals surface area contributed by atoms with Crippen molar-refractivity contribution in [3.8, 4) is 5.75 Å². The Morgan fingerprint density at radius 1 is 1.03 bits per heavy atom. The Labute approximate surface area is 183 Å². The Bertz CT molecular complexity index is 1150. The summed E-state index contributed by atoms with van der Waals surface area (Å²) in [5.74, 6) is 1.85. The highest BCUT2D eigenvalue weighted by Crippen LogP contribution is 2.30. The average Bonchev–Trinajstić information content (AvgIpc) is 3.24. The summed E-state index contributed by atoms with van der Waals surface area (Å²) < 4.78 is 38.8. The standard InChI is InChI=1S/C23H27N3O4S/c1-16-5-8-20(9-6-16)29-15-22-24-23(25-30-22)19-10-12-26(13-11-19)31(27,28)21-14-17(2)4-7-18(21)3/h4-9,14,19H,10-13,15H2,1-3H3. The highest BCUT2D eigenvalue weighted by atomic mass is 32.2. The fraction of sp³-hybridized carbons (Fsp3) is 0.391. The molecule has 0 atom stereocenters. The predicted octanol–water partition coefficient (Wildman–Crippen LogP) is 4.14. The number of hydrogen-bond acceptors (Lipinski definition) is 6. The Hall–Kier alpha value is -2.71. The highest BCUT2D eigenvalue weighted by molar-refractivity contribution is 7.89. The number of rotatable bonds is 6. The molecule has 8 heteroatoms. The number of hydrogen-bond donors (Lipinski definition) is 0. The van der Waals surface area contributed by atoms with Gasteiger partial charge in [0.15, 0.2) is 12.4 Å². The first-order chi connectivity index (χ1) is 14.8. The minimum absolute atomic E-state index is 0.0712. The van der Waals surface area contributed by atoms with Gasteiger partial charge in [-0.15, -0.1) is 0 Å². The van der Waals surface area contributed by atoms with E-state index >= 15 is 0 Å². The maximum absolute atomic E-state index is 13.1. The predicted molar refractivity (Wildman–Crippen MR) is 116 cm³/mol. The van der Waals surface area contributed by atoms with Crippen molar-refractivity contribution in [1.29, 1.82) is 0 Å². The first kappa shape index (κ1) is 21.5. The van der Waals surface area contributed by atoms with E-state index in [-0.39, 0.29) is 12.5 Å². The van der Waals surface area contributed by atoms with Gasteiger partial charge in [0.2, 0.25) is 10.0 Å². The normalized spacial score (nSPS) is 15.8. The number of aromatic nitrogens is 2. The molecule has 0 saturated carbocycles. The Morgan fingerprint density at radius 3 is 2.42 bits per heavy atom. The van der Waals surface area contributed by atoms with Crippen molar-refractivity contribution < 1.29 is 17.7 Å². The maximum atomic E-state index is 13.1. The summed E-state index contributed by atoms with van der Waals surface area (Å²) in [4.78, 5) is 4.86. The molecule has 2 aromatic carbocycles. The average molecular weight is 442 g/mol. The van der Waals surface area contributed by atoms with Crippen molar-refractivity contribution >= 4 is 10.0 Å². The SMILES string of the molecule is Cc1ccc(OCc2nc(C3CCN(S(=O)(=O)c4cc(C)ccc4C)CC3)no2)cc1. The molecule has 1 aliphatic heterocycles. The molecule has 0 unspecified atom stereocenters. The molecule has 31 heavy (non-hydrogen) atoms. The van der Waals surface area contributed by atoms with E-state index in [1.54, 1.807) is 10.4 Å². The van der Waals surface area contributed by atoms with Crippen LogP contribution < -0.4 is 4.74 Å². The lowest BCUT2D eigenvalue weighted by molar-refractivity contribution is 0.241. The lowest BCUT2D eigenvalue weighted by atomic mass is 9.98. The van der Waals surface area contributed by atoms with Crippen LogP contribution in [0.15, 0.2) is 51.9 Å². The van der Waals surface area contributed by atoms with Gasteiger partial charge in [0, 0.05) is 19.0 Å². The van der Waals surface area contributed by atoms with Crippen LogP contribution in [0, 0.1) is 20.8 Å². The molecule has 0 N–H and O–H groups in total. The van der Waals surface area contributed by atoms with Crippen molar-refractivity contribution in [2.24, 2.45) is 0 Å². The molecule has 1 aliphatic rings. The van der Waals surface area contributed by atoms with Gasteiger partial charge in [-0.05, 0) is 62.9 Å². The number of nitrogens with zero attached hydrogens (tertiary/aromatic N) is 3. The zero-order valence-electron chi connectivity index (χ0n) is 18.0. The van der Waals surface area contributed by atoms with Crippen LogP contribution in [0.3, 0.4) is 0 Å². The second kappa shape index (κ2) is 8.80. The molecule has 4 rings (SSSR count). The van der Waals surface area contributed by atoms with Crippen LogP contribution in [0.4, 0.5) is 0 Å². The van der Waals surface area contributed by atoms with E-state index in [0.29, 0.717) is 42.5 Å². The van der Waals surface area contributed by atoms with Crippen LogP contribution in [-0.2, 0) is 16.6 Å². The van der Waals surface area contributed by atoms with Gasteiger partial charge in [0.25, 0.3) is 5.89 Å². The van der Waals surface area contributed by atoms with E-state index in [1.807, 2.05) is 57.2 Å². The van der Waals surface area contributed by atoms with Gasteiger partial charge in [-0.1, -0.05) is 35.0 Å². The summed E-state index contributed by atoms with van der Waals surface area (Å²) in [7, 11) is -3.51. The Balaban J connectivity index is 1.37. The molecule has 0 radical (unpaired) electrons. The monoisotopic (exact) mass is 441 g/mol. The summed E-state index contributed by atoms with van der Waals surface area (Å²) in [6, 6.07) is 13.3. The third-order valence-corrected chi connectivity index (χ3v) is 7.69. The molecule has 0 aliphatic carbocycles.